The molecule has 1 fully saturated rings. The molecule has 0 heterocycles. The van der Waals surface area contributed by atoms with E-state index < -0.39 is 16.7 Å². The molecule has 0 amide bonds. The highest BCUT2D eigenvalue weighted by Crippen LogP contribution is 2.44. The van der Waals surface area contributed by atoms with Gasteiger partial charge in [0, 0.05) is 6.07 Å². The first-order chi connectivity index (χ1) is 11.8. The third kappa shape index (κ3) is 3.75. The summed E-state index contributed by atoms with van der Waals surface area (Å²) in [7, 11) is 0. The van der Waals surface area contributed by atoms with Gasteiger partial charge in [0.25, 0.3) is 5.69 Å². The van der Waals surface area contributed by atoms with Crippen molar-refractivity contribution in [3.05, 3.63) is 68.8 Å². The van der Waals surface area contributed by atoms with E-state index in [-0.39, 0.29) is 24.0 Å². The molecule has 0 N–H and O–H groups in total. The molecule has 2 aromatic carbocycles. The van der Waals surface area contributed by atoms with Crippen molar-refractivity contribution in [2.75, 3.05) is 0 Å². The van der Waals surface area contributed by atoms with Gasteiger partial charge in [0.05, 0.1) is 16.1 Å². The quantitative estimate of drug-likeness (QED) is 0.537. The number of alkyl halides is 3. The average molecular weight is 351 g/mol. The van der Waals surface area contributed by atoms with E-state index in [2.05, 4.69) is 0 Å². The number of aryl methyl sites for hydroxylation is 1. The summed E-state index contributed by atoms with van der Waals surface area (Å²) in [5, 5.41) is 11.3. The molecule has 0 radical (unpaired) electrons. The van der Waals surface area contributed by atoms with Crippen LogP contribution in [0.15, 0.2) is 36.4 Å². The molecule has 25 heavy (non-hydrogen) atoms. The van der Waals surface area contributed by atoms with E-state index in [9.17, 15) is 23.3 Å². The van der Waals surface area contributed by atoms with Crippen LogP contribution >= 0.6 is 0 Å². The Kier molecular flexibility index (Phi) is 4.41. The van der Waals surface area contributed by atoms with E-state index in [1.165, 1.54) is 18.2 Å². The zero-order chi connectivity index (χ0) is 18.2. The largest absolute Gasteiger partial charge is 0.488 e. The summed E-state index contributed by atoms with van der Waals surface area (Å²) in [5.74, 6) is -0.100. The summed E-state index contributed by atoms with van der Waals surface area (Å²) in [6.07, 6.45) is -2.71. The zero-order valence-electron chi connectivity index (χ0n) is 13.5. The van der Waals surface area contributed by atoms with Crippen molar-refractivity contribution in [2.45, 2.75) is 38.5 Å². The van der Waals surface area contributed by atoms with E-state index in [1.807, 2.05) is 0 Å². The maximum Gasteiger partial charge on any atom is 0.419 e. The molecule has 0 aromatic heterocycles. The molecule has 0 atom stereocenters. The smallest absolute Gasteiger partial charge is 0.419 e. The van der Waals surface area contributed by atoms with Crippen molar-refractivity contribution < 1.29 is 22.8 Å². The Morgan fingerprint density at radius 1 is 1.24 bits per heavy atom. The van der Waals surface area contributed by atoms with Crippen LogP contribution in [0, 0.1) is 17.0 Å². The second kappa shape index (κ2) is 6.38. The SMILES string of the molecule is Cc1ccc(OCc2c(C3CC3)cccc2[N+](=O)[O-])c(C(F)(F)F)c1. The molecule has 1 aliphatic rings. The molecule has 4 nitrogen and oxygen atoms in total. The minimum atomic E-state index is -4.55. The fourth-order valence-electron chi connectivity index (χ4n) is 2.84. The summed E-state index contributed by atoms with van der Waals surface area (Å²) in [4.78, 5) is 10.7. The zero-order valence-corrected chi connectivity index (χ0v) is 13.5. The first kappa shape index (κ1) is 17.3. The third-order valence-electron chi connectivity index (χ3n) is 4.21. The number of hydrogen-bond donors (Lipinski definition) is 0. The van der Waals surface area contributed by atoms with Gasteiger partial charge < -0.3 is 4.74 Å². The first-order valence-electron chi connectivity index (χ1n) is 7.84. The lowest BCUT2D eigenvalue weighted by Gasteiger charge is -2.16. The number of nitro groups is 1. The van der Waals surface area contributed by atoms with E-state index in [4.69, 9.17) is 4.74 Å². The highest BCUT2D eigenvalue weighted by Gasteiger charge is 2.35. The van der Waals surface area contributed by atoms with Crippen LogP contribution in [0.4, 0.5) is 18.9 Å². The summed E-state index contributed by atoms with van der Waals surface area (Å²) in [6.45, 7) is 1.29. The lowest BCUT2D eigenvalue weighted by atomic mass is 10.0. The standard InChI is InChI=1S/C18H16F3NO3/c1-11-5-8-17(15(9-11)18(19,20)21)25-10-14-13(12-6-7-12)3-2-4-16(14)22(23)24/h2-5,8-9,12H,6-7,10H2,1H3. The maximum absolute atomic E-state index is 13.2. The van der Waals surface area contributed by atoms with Gasteiger partial charge in [-0.15, -0.1) is 0 Å². The van der Waals surface area contributed by atoms with Crippen molar-refractivity contribution in [1.29, 1.82) is 0 Å². The van der Waals surface area contributed by atoms with Crippen LogP contribution in [-0.2, 0) is 12.8 Å². The number of hydrogen-bond acceptors (Lipinski definition) is 3. The normalized spacial score (nSPS) is 14.4. The maximum atomic E-state index is 13.2. The van der Waals surface area contributed by atoms with Crippen molar-refractivity contribution in [1.82, 2.24) is 0 Å². The van der Waals surface area contributed by atoms with Crippen LogP contribution < -0.4 is 4.74 Å². The lowest BCUT2D eigenvalue weighted by Crippen LogP contribution is -2.10. The Morgan fingerprint density at radius 3 is 2.56 bits per heavy atom. The predicted molar refractivity (Wildman–Crippen MR) is 85.6 cm³/mol. The van der Waals surface area contributed by atoms with Crippen LogP contribution in [0.5, 0.6) is 5.75 Å². The molecule has 1 saturated carbocycles. The van der Waals surface area contributed by atoms with Gasteiger partial charge in [0.15, 0.2) is 0 Å². The second-order valence-corrected chi connectivity index (χ2v) is 6.16. The fourth-order valence-corrected chi connectivity index (χ4v) is 2.84. The molecule has 2 aromatic rings. The molecule has 3 rings (SSSR count). The van der Waals surface area contributed by atoms with Gasteiger partial charge in [-0.25, -0.2) is 0 Å². The van der Waals surface area contributed by atoms with Crippen molar-refractivity contribution >= 4 is 5.69 Å². The van der Waals surface area contributed by atoms with E-state index in [0.717, 1.165) is 24.5 Å². The van der Waals surface area contributed by atoms with Gasteiger partial charge in [-0.05, 0) is 43.4 Å². The van der Waals surface area contributed by atoms with E-state index >= 15 is 0 Å². The number of halogens is 3. The molecule has 0 bridgehead atoms. The summed E-state index contributed by atoms with van der Waals surface area (Å²) < 4.78 is 45.0. The minimum Gasteiger partial charge on any atom is -0.488 e. The van der Waals surface area contributed by atoms with Gasteiger partial charge in [0.2, 0.25) is 0 Å². The molecule has 0 spiro atoms. The molecular weight excluding hydrogens is 335 g/mol. The number of nitrogens with zero attached hydrogens (tertiary/aromatic N) is 1. The van der Waals surface area contributed by atoms with Gasteiger partial charge in [-0.1, -0.05) is 23.8 Å². The third-order valence-corrected chi connectivity index (χ3v) is 4.21. The molecule has 7 heteroatoms. The summed E-state index contributed by atoms with van der Waals surface area (Å²) in [5.41, 5.74) is 0.603. The number of rotatable bonds is 5. The Bertz CT molecular complexity index is 814. The summed E-state index contributed by atoms with van der Waals surface area (Å²) >= 11 is 0. The molecule has 1 aliphatic carbocycles. The van der Waals surface area contributed by atoms with Crippen molar-refractivity contribution in [2.24, 2.45) is 0 Å². The van der Waals surface area contributed by atoms with Crippen LogP contribution in [-0.4, -0.2) is 4.92 Å². The topological polar surface area (TPSA) is 52.4 Å². The van der Waals surface area contributed by atoms with Gasteiger partial charge in [-0.3, -0.25) is 10.1 Å². The minimum absolute atomic E-state index is 0.120. The van der Waals surface area contributed by atoms with Crippen molar-refractivity contribution in [3.8, 4) is 5.75 Å². The van der Waals surface area contributed by atoms with Crippen LogP contribution in [0.2, 0.25) is 0 Å². The van der Waals surface area contributed by atoms with E-state index in [0.29, 0.717) is 11.1 Å². The van der Waals surface area contributed by atoms with Crippen LogP contribution in [0.1, 0.15) is 41.0 Å². The molecule has 0 unspecified atom stereocenters. The predicted octanol–water partition coefficient (Wildman–Crippen LogP) is 5.38. The second-order valence-electron chi connectivity index (χ2n) is 6.16. The van der Waals surface area contributed by atoms with Crippen LogP contribution in [0.3, 0.4) is 0 Å². The summed E-state index contributed by atoms with van der Waals surface area (Å²) in [6, 6.07) is 8.52. The number of ether oxygens (including phenoxy) is 1. The number of nitro benzene ring substituents is 1. The molecule has 0 aliphatic heterocycles. The molecule has 132 valence electrons. The highest BCUT2D eigenvalue weighted by atomic mass is 19.4. The Balaban J connectivity index is 1.94. The Labute approximate surface area is 142 Å². The average Bonchev–Trinajstić information content (AvgIpc) is 3.37. The van der Waals surface area contributed by atoms with Gasteiger partial charge in [-0.2, -0.15) is 13.2 Å². The number of benzene rings is 2. The monoisotopic (exact) mass is 351 g/mol. The highest BCUT2D eigenvalue weighted by molar-refractivity contribution is 5.48. The first-order valence-corrected chi connectivity index (χ1v) is 7.84. The fraction of sp³-hybridized carbons (Fsp3) is 0.333. The molecular formula is C18H16F3NO3. The van der Waals surface area contributed by atoms with Gasteiger partial charge >= 0.3 is 6.18 Å². The van der Waals surface area contributed by atoms with Crippen LogP contribution in [0.25, 0.3) is 0 Å². The van der Waals surface area contributed by atoms with Gasteiger partial charge in [0.1, 0.15) is 12.4 Å². The van der Waals surface area contributed by atoms with Crippen molar-refractivity contribution in [3.63, 3.8) is 0 Å². The lowest BCUT2D eigenvalue weighted by molar-refractivity contribution is -0.385. The Hall–Kier alpha value is -2.57. The van der Waals surface area contributed by atoms with E-state index in [1.54, 1.807) is 19.1 Å². The molecule has 0 saturated heterocycles. The Morgan fingerprint density at radius 2 is 1.96 bits per heavy atom.